The molecule has 2 N–H and O–H groups in total. The molecule has 246 valence electrons. The number of anilines is 4. The topological polar surface area (TPSA) is 104 Å². The quantitative estimate of drug-likeness (QED) is 0.315. The van der Waals surface area contributed by atoms with Crippen LogP contribution in [0.25, 0.3) is 11.1 Å². The van der Waals surface area contributed by atoms with E-state index in [0.717, 1.165) is 80.7 Å². The molecule has 0 unspecified atom stereocenters. The average Bonchev–Trinajstić information content (AvgIpc) is 3.44. The van der Waals surface area contributed by atoms with Crippen LogP contribution in [0.3, 0.4) is 0 Å². The number of aryl methyl sites for hydroxylation is 2. The number of nitrogens with one attached hydrogen (secondary N) is 1. The molecule has 4 aromatic heterocycles. The third-order valence-corrected chi connectivity index (χ3v) is 10.6. The SMILES string of the molecule is C[C@H]1CN(C2COC2)CCN1c1ccc(Nc2cc(-c3ccnc(N4CCn5c(cc6c5CCCC6)C4)c3CO)cn(C)c2=O)nc1. The molecule has 2 fully saturated rings. The Kier molecular flexibility index (Phi) is 7.98. The Balaban J connectivity index is 1.02. The van der Waals surface area contributed by atoms with Crippen LogP contribution >= 0.6 is 0 Å². The summed E-state index contributed by atoms with van der Waals surface area (Å²) in [5.41, 5.74) is 8.16. The van der Waals surface area contributed by atoms with E-state index in [1.807, 2.05) is 36.8 Å². The Bertz CT molecular complexity index is 1830. The van der Waals surface area contributed by atoms with E-state index < -0.39 is 0 Å². The average molecular weight is 637 g/mol. The summed E-state index contributed by atoms with van der Waals surface area (Å²) in [6.07, 6.45) is 10.4. The largest absolute Gasteiger partial charge is 0.392 e. The zero-order chi connectivity index (χ0) is 32.1. The third kappa shape index (κ3) is 5.60. The summed E-state index contributed by atoms with van der Waals surface area (Å²) in [5, 5.41) is 14.0. The fraction of sp³-hybridized carbons (Fsp3) is 0.472. The van der Waals surface area contributed by atoms with Gasteiger partial charge in [-0.25, -0.2) is 9.97 Å². The summed E-state index contributed by atoms with van der Waals surface area (Å²) < 4.78 is 9.49. The van der Waals surface area contributed by atoms with Crippen LogP contribution in [0.5, 0.6) is 0 Å². The molecule has 0 aromatic carbocycles. The van der Waals surface area contributed by atoms with Crippen LogP contribution < -0.4 is 20.7 Å². The summed E-state index contributed by atoms with van der Waals surface area (Å²) >= 11 is 0. The van der Waals surface area contributed by atoms with E-state index in [1.54, 1.807) is 11.6 Å². The van der Waals surface area contributed by atoms with Gasteiger partial charge in [-0.05, 0) is 74.1 Å². The second kappa shape index (κ2) is 12.4. The molecular formula is C36H44N8O3. The van der Waals surface area contributed by atoms with Gasteiger partial charge in [-0.3, -0.25) is 9.69 Å². The zero-order valence-electron chi connectivity index (χ0n) is 27.4. The number of pyridine rings is 3. The lowest BCUT2D eigenvalue weighted by molar-refractivity contribution is -0.0691. The van der Waals surface area contributed by atoms with E-state index in [1.165, 1.54) is 42.6 Å². The molecule has 0 spiro atoms. The Morgan fingerprint density at radius 2 is 1.91 bits per heavy atom. The first kappa shape index (κ1) is 30.2. The van der Waals surface area contributed by atoms with Crippen molar-refractivity contribution in [3.8, 4) is 11.1 Å². The number of nitrogens with zero attached hydrogens (tertiary/aromatic N) is 7. The minimum atomic E-state index is -0.151. The predicted octanol–water partition coefficient (Wildman–Crippen LogP) is 3.69. The van der Waals surface area contributed by atoms with Crippen LogP contribution in [0.15, 0.2) is 53.7 Å². The molecule has 0 bridgehead atoms. The van der Waals surface area contributed by atoms with Gasteiger partial charge in [-0.2, -0.15) is 0 Å². The molecule has 11 nitrogen and oxygen atoms in total. The number of aromatic nitrogens is 4. The number of piperazine rings is 1. The van der Waals surface area contributed by atoms with Gasteiger partial charge in [0.2, 0.25) is 0 Å². The Labute approximate surface area is 275 Å². The first-order chi connectivity index (χ1) is 23.0. The second-order valence-corrected chi connectivity index (χ2v) is 13.5. The van der Waals surface area contributed by atoms with Gasteiger partial charge in [0.15, 0.2) is 0 Å². The van der Waals surface area contributed by atoms with Gasteiger partial charge < -0.3 is 34.1 Å². The molecule has 4 aliphatic rings. The van der Waals surface area contributed by atoms with Crippen molar-refractivity contribution >= 4 is 23.0 Å². The standard InChI is InChI=1S/C36H44N8O3/c1-24-18-41(29-22-47-23-29)11-13-43(24)27-7-8-34(38-17-27)39-32-16-26(19-40(2)36(32)46)30-9-10-37-35(31(30)21-45)42-12-14-44-28(20-42)15-25-5-3-4-6-33(25)44/h7-10,15-17,19,24,29,45H,3-6,11-14,18,20-23H2,1-2H3,(H,38,39)/t24-/m0/s1. The predicted molar refractivity (Wildman–Crippen MR) is 183 cm³/mol. The number of aliphatic hydroxyl groups is 1. The van der Waals surface area contributed by atoms with Crippen LogP contribution in [0.1, 0.15) is 42.3 Å². The molecule has 3 aliphatic heterocycles. The first-order valence-electron chi connectivity index (χ1n) is 17.0. The Morgan fingerprint density at radius 3 is 2.68 bits per heavy atom. The smallest absolute Gasteiger partial charge is 0.274 e. The van der Waals surface area contributed by atoms with E-state index in [0.29, 0.717) is 23.6 Å². The third-order valence-electron chi connectivity index (χ3n) is 10.6. The monoisotopic (exact) mass is 636 g/mol. The van der Waals surface area contributed by atoms with Crippen molar-refractivity contribution in [2.45, 2.75) is 64.4 Å². The minimum Gasteiger partial charge on any atom is -0.392 e. The number of hydrogen-bond acceptors (Lipinski definition) is 9. The lowest BCUT2D eigenvalue weighted by Gasteiger charge is -2.46. The molecule has 8 rings (SSSR count). The van der Waals surface area contributed by atoms with Crippen molar-refractivity contribution in [2.75, 3.05) is 54.5 Å². The molecule has 0 saturated carbocycles. The van der Waals surface area contributed by atoms with Gasteiger partial charge >= 0.3 is 0 Å². The van der Waals surface area contributed by atoms with Crippen molar-refractivity contribution in [2.24, 2.45) is 7.05 Å². The molecule has 1 aliphatic carbocycles. The highest BCUT2D eigenvalue weighted by Gasteiger charge is 2.32. The number of aliphatic hydroxyl groups excluding tert-OH is 1. The van der Waals surface area contributed by atoms with Crippen LogP contribution in [0.2, 0.25) is 0 Å². The lowest BCUT2D eigenvalue weighted by Crippen LogP contribution is -2.59. The fourth-order valence-corrected chi connectivity index (χ4v) is 7.95. The molecule has 0 radical (unpaired) electrons. The molecule has 2 saturated heterocycles. The second-order valence-electron chi connectivity index (χ2n) is 13.5. The highest BCUT2D eigenvalue weighted by Crippen LogP contribution is 2.34. The maximum Gasteiger partial charge on any atom is 0.274 e. The number of hydrogen-bond donors (Lipinski definition) is 2. The summed E-state index contributed by atoms with van der Waals surface area (Å²) in [4.78, 5) is 30.0. The highest BCUT2D eigenvalue weighted by atomic mass is 16.5. The van der Waals surface area contributed by atoms with Gasteiger partial charge in [-0.1, -0.05) is 0 Å². The van der Waals surface area contributed by atoms with Crippen LogP contribution in [-0.4, -0.2) is 80.6 Å². The minimum absolute atomic E-state index is 0.148. The number of ether oxygens (including phenoxy) is 1. The molecule has 47 heavy (non-hydrogen) atoms. The molecule has 0 amide bonds. The maximum absolute atomic E-state index is 13.3. The van der Waals surface area contributed by atoms with E-state index >= 15 is 0 Å². The summed E-state index contributed by atoms with van der Waals surface area (Å²) in [6.45, 7) is 9.29. The fourth-order valence-electron chi connectivity index (χ4n) is 7.95. The summed E-state index contributed by atoms with van der Waals surface area (Å²) in [7, 11) is 1.76. The first-order valence-corrected chi connectivity index (χ1v) is 17.0. The van der Waals surface area contributed by atoms with Crippen LogP contribution in [-0.2, 0) is 44.3 Å². The van der Waals surface area contributed by atoms with E-state index in [2.05, 4.69) is 43.6 Å². The van der Waals surface area contributed by atoms with Gasteiger partial charge in [0.1, 0.15) is 17.3 Å². The van der Waals surface area contributed by atoms with Crippen molar-refractivity contribution < 1.29 is 9.84 Å². The van der Waals surface area contributed by atoms with Gasteiger partial charge in [-0.15, -0.1) is 0 Å². The summed E-state index contributed by atoms with van der Waals surface area (Å²) in [6, 6.07) is 11.1. The number of fused-ring (bicyclic) bond motifs is 3. The molecular weight excluding hydrogens is 592 g/mol. The van der Waals surface area contributed by atoms with Crippen molar-refractivity contribution in [3.63, 3.8) is 0 Å². The highest BCUT2D eigenvalue weighted by molar-refractivity contribution is 5.75. The maximum atomic E-state index is 13.3. The normalized spacial score (nSPS) is 20.1. The number of rotatable bonds is 7. The Morgan fingerprint density at radius 1 is 1.04 bits per heavy atom. The van der Waals surface area contributed by atoms with Gasteiger partial charge in [0, 0.05) is 80.7 Å². The Hall–Kier alpha value is -4.19. The van der Waals surface area contributed by atoms with Crippen molar-refractivity contribution in [1.29, 1.82) is 0 Å². The van der Waals surface area contributed by atoms with Crippen molar-refractivity contribution in [3.05, 3.63) is 81.8 Å². The van der Waals surface area contributed by atoms with E-state index in [9.17, 15) is 9.90 Å². The summed E-state index contributed by atoms with van der Waals surface area (Å²) in [5.74, 6) is 1.41. The molecule has 1 atom stereocenters. The van der Waals surface area contributed by atoms with E-state index in [-0.39, 0.29) is 12.2 Å². The van der Waals surface area contributed by atoms with Gasteiger partial charge in [0.25, 0.3) is 5.56 Å². The molecule has 4 aromatic rings. The lowest BCUT2D eigenvalue weighted by atomic mass is 9.98. The van der Waals surface area contributed by atoms with E-state index in [4.69, 9.17) is 14.7 Å². The zero-order valence-corrected chi connectivity index (χ0v) is 27.4. The van der Waals surface area contributed by atoms with Crippen LogP contribution in [0.4, 0.5) is 23.0 Å². The van der Waals surface area contributed by atoms with Crippen molar-refractivity contribution in [1.82, 2.24) is 24.0 Å². The van der Waals surface area contributed by atoms with Gasteiger partial charge in [0.05, 0.1) is 44.3 Å². The van der Waals surface area contributed by atoms with Crippen LogP contribution in [0, 0.1) is 0 Å². The molecule has 7 heterocycles. The molecule has 11 heteroatoms.